The molecular formula is C13H18FNO3. The van der Waals surface area contributed by atoms with E-state index in [0.717, 1.165) is 12.1 Å². The number of esters is 1. The Labute approximate surface area is 106 Å². The molecule has 0 amide bonds. The van der Waals surface area contributed by atoms with Gasteiger partial charge in [0.25, 0.3) is 0 Å². The molecule has 0 aliphatic carbocycles. The van der Waals surface area contributed by atoms with Crippen LogP contribution in [0.4, 0.5) is 10.1 Å². The third-order valence-corrected chi connectivity index (χ3v) is 2.07. The highest BCUT2D eigenvalue weighted by molar-refractivity contribution is 5.90. The maximum atomic E-state index is 13.0. The lowest BCUT2D eigenvalue weighted by atomic mass is 10.2. The fourth-order valence-corrected chi connectivity index (χ4v) is 1.33. The highest BCUT2D eigenvalue weighted by Crippen LogP contribution is 2.11. The van der Waals surface area contributed by atoms with Crippen LogP contribution in [-0.2, 0) is 9.47 Å². The maximum Gasteiger partial charge on any atom is 0.338 e. The number of hydrogen-bond donors (Lipinski definition) is 1. The fourth-order valence-electron chi connectivity index (χ4n) is 1.33. The summed E-state index contributed by atoms with van der Waals surface area (Å²) in [6.07, 6.45) is 0. The van der Waals surface area contributed by atoms with E-state index in [1.807, 2.05) is 13.8 Å². The fraction of sp³-hybridized carbons (Fsp3) is 0.462. The molecule has 0 heterocycles. The third-order valence-electron chi connectivity index (χ3n) is 2.07. The Hall–Kier alpha value is -1.62. The number of benzene rings is 1. The van der Waals surface area contributed by atoms with Gasteiger partial charge in [-0.05, 0) is 24.1 Å². The topological polar surface area (TPSA) is 61.5 Å². The first-order valence-electron chi connectivity index (χ1n) is 5.80. The zero-order valence-corrected chi connectivity index (χ0v) is 10.6. The lowest BCUT2D eigenvalue weighted by Gasteiger charge is -2.08. The van der Waals surface area contributed by atoms with E-state index in [0.29, 0.717) is 19.1 Å². The number of carbonyl (C=O) groups excluding carboxylic acids is 1. The van der Waals surface area contributed by atoms with Crippen molar-refractivity contribution in [3.05, 3.63) is 29.6 Å². The minimum absolute atomic E-state index is 0.108. The van der Waals surface area contributed by atoms with E-state index in [1.54, 1.807) is 0 Å². The standard InChI is InChI=1S/C13H18FNO3/c1-9(2)8-17-3-4-18-13(16)10-5-11(14)7-12(15)6-10/h5-7,9H,3-4,8,15H2,1-2H3. The zero-order valence-electron chi connectivity index (χ0n) is 10.6. The molecule has 0 fully saturated rings. The van der Waals surface area contributed by atoms with Crippen LogP contribution >= 0.6 is 0 Å². The number of nitrogens with two attached hydrogens (primary N) is 1. The molecule has 0 aliphatic heterocycles. The number of carbonyl (C=O) groups is 1. The highest BCUT2D eigenvalue weighted by Gasteiger charge is 2.09. The molecule has 0 saturated heterocycles. The van der Waals surface area contributed by atoms with E-state index in [2.05, 4.69) is 0 Å². The summed E-state index contributed by atoms with van der Waals surface area (Å²) in [7, 11) is 0. The molecule has 2 N–H and O–H groups in total. The molecule has 0 spiro atoms. The first-order chi connectivity index (χ1) is 8.49. The van der Waals surface area contributed by atoms with Crippen molar-refractivity contribution in [2.24, 2.45) is 5.92 Å². The monoisotopic (exact) mass is 255 g/mol. The Morgan fingerprint density at radius 2 is 2.06 bits per heavy atom. The summed E-state index contributed by atoms with van der Waals surface area (Å²) in [5, 5.41) is 0. The molecule has 18 heavy (non-hydrogen) atoms. The number of nitrogen functional groups attached to an aromatic ring is 1. The minimum Gasteiger partial charge on any atom is -0.460 e. The van der Waals surface area contributed by atoms with Gasteiger partial charge in [0.05, 0.1) is 12.2 Å². The van der Waals surface area contributed by atoms with Crippen LogP contribution in [0.25, 0.3) is 0 Å². The summed E-state index contributed by atoms with van der Waals surface area (Å²) in [6, 6.07) is 3.61. The van der Waals surface area contributed by atoms with Gasteiger partial charge in [0.15, 0.2) is 0 Å². The van der Waals surface area contributed by atoms with Gasteiger partial charge < -0.3 is 15.2 Å². The number of halogens is 1. The van der Waals surface area contributed by atoms with Crippen molar-refractivity contribution in [1.82, 2.24) is 0 Å². The first-order valence-corrected chi connectivity index (χ1v) is 5.80. The van der Waals surface area contributed by atoms with E-state index < -0.39 is 11.8 Å². The van der Waals surface area contributed by atoms with Crippen LogP contribution in [0.1, 0.15) is 24.2 Å². The molecule has 0 aromatic heterocycles. The van der Waals surface area contributed by atoms with Crippen LogP contribution in [0.3, 0.4) is 0 Å². The van der Waals surface area contributed by atoms with Crippen LogP contribution in [0.15, 0.2) is 18.2 Å². The average molecular weight is 255 g/mol. The molecule has 1 aromatic carbocycles. The number of anilines is 1. The van der Waals surface area contributed by atoms with Crippen LogP contribution < -0.4 is 5.73 Å². The second kappa shape index (κ2) is 6.96. The lowest BCUT2D eigenvalue weighted by Crippen LogP contribution is -2.13. The van der Waals surface area contributed by atoms with Crippen LogP contribution in [-0.4, -0.2) is 25.8 Å². The van der Waals surface area contributed by atoms with Crippen molar-refractivity contribution < 1.29 is 18.7 Å². The van der Waals surface area contributed by atoms with Gasteiger partial charge in [-0.25, -0.2) is 9.18 Å². The normalized spacial score (nSPS) is 10.7. The highest BCUT2D eigenvalue weighted by atomic mass is 19.1. The molecule has 0 atom stereocenters. The van der Waals surface area contributed by atoms with Gasteiger partial charge in [-0.15, -0.1) is 0 Å². The van der Waals surface area contributed by atoms with Crippen molar-refractivity contribution in [2.45, 2.75) is 13.8 Å². The Morgan fingerprint density at radius 1 is 1.33 bits per heavy atom. The van der Waals surface area contributed by atoms with Crippen LogP contribution in [0.2, 0.25) is 0 Å². The molecule has 1 aromatic rings. The first kappa shape index (κ1) is 14.4. The smallest absolute Gasteiger partial charge is 0.338 e. The van der Waals surface area contributed by atoms with E-state index in [9.17, 15) is 9.18 Å². The van der Waals surface area contributed by atoms with Gasteiger partial charge in [-0.2, -0.15) is 0 Å². The van der Waals surface area contributed by atoms with E-state index in [4.69, 9.17) is 15.2 Å². The Kier molecular flexibility index (Phi) is 5.58. The molecule has 0 unspecified atom stereocenters. The number of ether oxygens (including phenoxy) is 2. The van der Waals surface area contributed by atoms with E-state index in [1.165, 1.54) is 6.07 Å². The Balaban J connectivity index is 2.36. The predicted octanol–water partition coefficient (Wildman–Crippen LogP) is 2.24. The second-order valence-corrected chi connectivity index (χ2v) is 4.38. The summed E-state index contributed by atoms with van der Waals surface area (Å²) in [6.45, 7) is 5.14. The molecule has 0 radical (unpaired) electrons. The van der Waals surface area contributed by atoms with Gasteiger partial charge in [-0.1, -0.05) is 13.8 Å². The summed E-state index contributed by atoms with van der Waals surface area (Å²) in [5.41, 5.74) is 5.73. The molecule has 0 aliphatic rings. The van der Waals surface area contributed by atoms with Crippen molar-refractivity contribution in [2.75, 3.05) is 25.6 Å². The van der Waals surface area contributed by atoms with Gasteiger partial charge >= 0.3 is 5.97 Å². The van der Waals surface area contributed by atoms with E-state index in [-0.39, 0.29) is 17.9 Å². The minimum atomic E-state index is -0.602. The van der Waals surface area contributed by atoms with Crippen molar-refractivity contribution in [3.8, 4) is 0 Å². The average Bonchev–Trinajstić information content (AvgIpc) is 2.26. The van der Waals surface area contributed by atoms with Crippen LogP contribution in [0, 0.1) is 11.7 Å². The zero-order chi connectivity index (χ0) is 13.5. The molecular weight excluding hydrogens is 237 g/mol. The van der Waals surface area contributed by atoms with Crippen molar-refractivity contribution >= 4 is 11.7 Å². The van der Waals surface area contributed by atoms with Crippen molar-refractivity contribution in [1.29, 1.82) is 0 Å². The number of hydrogen-bond acceptors (Lipinski definition) is 4. The summed E-state index contributed by atoms with van der Waals surface area (Å²) in [4.78, 5) is 11.5. The van der Waals surface area contributed by atoms with Gasteiger partial charge in [-0.3, -0.25) is 0 Å². The summed E-state index contributed by atoms with van der Waals surface area (Å²) >= 11 is 0. The molecule has 1 rings (SSSR count). The van der Waals surface area contributed by atoms with Gasteiger partial charge in [0, 0.05) is 12.3 Å². The van der Waals surface area contributed by atoms with Gasteiger partial charge in [0.2, 0.25) is 0 Å². The predicted molar refractivity (Wildman–Crippen MR) is 66.8 cm³/mol. The van der Waals surface area contributed by atoms with E-state index >= 15 is 0 Å². The summed E-state index contributed by atoms with van der Waals surface area (Å²) in [5.74, 6) is -0.726. The Morgan fingerprint density at radius 3 is 2.67 bits per heavy atom. The molecule has 100 valence electrons. The summed E-state index contributed by atoms with van der Waals surface area (Å²) < 4.78 is 23.2. The molecule has 4 nitrogen and oxygen atoms in total. The van der Waals surface area contributed by atoms with Gasteiger partial charge in [0.1, 0.15) is 12.4 Å². The Bertz CT molecular complexity index is 387. The second-order valence-electron chi connectivity index (χ2n) is 4.38. The third kappa shape index (κ3) is 5.14. The molecule has 5 heteroatoms. The lowest BCUT2D eigenvalue weighted by molar-refractivity contribution is 0.0277. The SMILES string of the molecule is CC(C)COCCOC(=O)c1cc(N)cc(F)c1. The van der Waals surface area contributed by atoms with Crippen molar-refractivity contribution in [3.63, 3.8) is 0 Å². The van der Waals surface area contributed by atoms with Crippen LogP contribution in [0.5, 0.6) is 0 Å². The number of rotatable bonds is 6. The quantitative estimate of drug-likeness (QED) is 0.481. The molecule has 0 saturated carbocycles. The maximum absolute atomic E-state index is 13.0. The largest absolute Gasteiger partial charge is 0.460 e. The molecule has 0 bridgehead atoms.